The summed E-state index contributed by atoms with van der Waals surface area (Å²) in [5.41, 5.74) is 2.58. The Balaban J connectivity index is 2.64. The number of nitrogens with zero attached hydrogens (tertiary/aromatic N) is 2. The van der Waals surface area contributed by atoms with E-state index in [0.717, 1.165) is 11.3 Å². The molecular weight excluding hydrogens is 230 g/mol. The minimum atomic E-state index is -0.935. The molecule has 0 atom stereocenters. The number of aromatic nitrogens is 3. The summed E-state index contributed by atoms with van der Waals surface area (Å²) in [7, 11) is 1.84. The summed E-state index contributed by atoms with van der Waals surface area (Å²) in [4.78, 5) is 14.0. The summed E-state index contributed by atoms with van der Waals surface area (Å²) in [6.07, 6.45) is 5.06. The van der Waals surface area contributed by atoms with E-state index in [2.05, 4.69) is 30.9 Å². The number of aromatic amines is 1. The number of aromatic carboxylic acids is 1. The molecule has 2 N–H and O–H groups in total. The second-order valence-electron chi connectivity index (χ2n) is 5.40. The first-order chi connectivity index (χ1) is 8.30. The van der Waals surface area contributed by atoms with Gasteiger partial charge in [0.25, 0.3) is 0 Å². The van der Waals surface area contributed by atoms with Crippen molar-refractivity contribution in [1.82, 2.24) is 14.8 Å². The quantitative estimate of drug-likeness (QED) is 0.856. The maximum absolute atomic E-state index is 11.2. The first-order valence-corrected chi connectivity index (χ1v) is 5.75. The summed E-state index contributed by atoms with van der Waals surface area (Å²) in [5.74, 6) is -0.935. The number of carboxylic acid groups (broad SMARTS) is 1. The summed E-state index contributed by atoms with van der Waals surface area (Å²) in [5, 5.41) is 13.6. The van der Waals surface area contributed by atoms with Crippen molar-refractivity contribution in [1.29, 1.82) is 0 Å². The second kappa shape index (κ2) is 4.01. The van der Waals surface area contributed by atoms with Gasteiger partial charge in [-0.05, 0) is 0 Å². The lowest BCUT2D eigenvalue weighted by molar-refractivity contribution is 0.0698. The third-order valence-electron chi connectivity index (χ3n) is 2.81. The molecule has 0 aromatic carbocycles. The van der Waals surface area contributed by atoms with Crippen LogP contribution < -0.4 is 0 Å². The van der Waals surface area contributed by atoms with Crippen molar-refractivity contribution in [2.75, 3.05) is 0 Å². The van der Waals surface area contributed by atoms with E-state index in [1.807, 2.05) is 13.2 Å². The van der Waals surface area contributed by atoms with Gasteiger partial charge in [0, 0.05) is 42.2 Å². The summed E-state index contributed by atoms with van der Waals surface area (Å²) < 4.78 is 1.72. The predicted octanol–water partition coefficient (Wildman–Crippen LogP) is 2.41. The molecule has 5 heteroatoms. The molecule has 96 valence electrons. The van der Waals surface area contributed by atoms with E-state index in [4.69, 9.17) is 5.11 Å². The Bertz CT molecular complexity index is 588. The Morgan fingerprint density at radius 3 is 2.56 bits per heavy atom. The van der Waals surface area contributed by atoms with E-state index < -0.39 is 5.97 Å². The second-order valence-corrected chi connectivity index (χ2v) is 5.40. The fourth-order valence-corrected chi connectivity index (χ4v) is 2.00. The molecule has 0 fully saturated rings. The van der Waals surface area contributed by atoms with Crippen LogP contribution in [0.25, 0.3) is 11.1 Å². The number of rotatable bonds is 2. The zero-order valence-electron chi connectivity index (χ0n) is 11.0. The Kier molecular flexibility index (Phi) is 2.77. The van der Waals surface area contributed by atoms with Crippen LogP contribution in [0.3, 0.4) is 0 Å². The van der Waals surface area contributed by atoms with Crippen LogP contribution in [0.4, 0.5) is 0 Å². The van der Waals surface area contributed by atoms with Crippen molar-refractivity contribution in [3.05, 3.63) is 29.8 Å². The van der Waals surface area contributed by atoms with Crippen molar-refractivity contribution in [3.8, 4) is 11.1 Å². The molecule has 5 nitrogen and oxygen atoms in total. The molecule has 0 aliphatic rings. The van der Waals surface area contributed by atoms with Crippen molar-refractivity contribution in [3.63, 3.8) is 0 Å². The predicted molar refractivity (Wildman–Crippen MR) is 68.7 cm³/mol. The van der Waals surface area contributed by atoms with Crippen LogP contribution in [-0.4, -0.2) is 25.8 Å². The topological polar surface area (TPSA) is 70.9 Å². The molecule has 0 unspecified atom stereocenters. The fourth-order valence-electron chi connectivity index (χ4n) is 2.00. The molecule has 0 saturated carbocycles. The van der Waals surface area contributed by atoms with Crippen LogP contribution >= 0.6 is 0 Å². The third kappa shape index (κ3) is 2.03. The van der Waals surface area contributed by atoms with Gasteiger partial charge < -0.3 is 10.1 Å². The molecule has 0 bridgehead atoms. The van der Waals surface area contributed by atoms with Crippen molar-refractivity contribution in [2.45, 2.75) is 26.2 Å². The van der Waals surface area contributed by atoms with Gasteiger partial charge in [0.15, 0.2) is 0 Å². The van der Waals surface area contributed by atoms with Crippen LogP contribution in [0.2, 0.25) is 0 Å². The molecule has 0 amide bonds. The highest BCUT2D eigenvalue weighted by molar-refractivity contribution is 5.96. The van der Waals surface area contributed by atoms with E-state index in [-0.39, 0.29) is 11.0 Å². The molecule has 2 heterocycles. The number of carboxylic acids is 1. The van der Waals surface area contributed by atoms with E-state index in [1.165, 1.54) is 6.20 Å². The van der Waals surface area contributed by atoms with Gasteiger partial charge in [0.2, 0.25) is 0 Å². The number of nitrogens with one attached hydrogen (secondary N) is 1. The average Bonchev–Trinajstić information content (AvgIpc) is 2.80. The number of H-pyrrole nitrogens is 1. The zero-order valence-corrected chi connectivity index (χ0v) is 11.0. The highest BCUT2D eigenvalue weighted by Gasteiger charge is 2.25. The SMILES string of the molecule is Cn1cc(-c2c[nH]cc2C(=O)O)c(C(C)(C)C)n1. The molecule has 0 saturated heterocycles. The number of hydrogen-bond acceptors (Lipinski definition) is 2. The zero-order chi connectivity index (χ0) is 13.5. The maximum Gasteiger partial charge on any atom is 0.337 e. The molecular formula is C13H17N3O2. The summed E-state index contributed by atoms with van der Waals surface area (Å²) >= 11 is 0. The van der Waals surface area contributed by atoms with Crippen molar-refractivity contribution in [2.24, 2.45) is 7.05 Å². The van der Waals surface area contributed by atoms with Crippen LogP contribution in [0.15, 0.2) is 18.6 Å². The van der Waals surface area contributed by atoms with Crippen molar-refractivity contribution < 1.29 is 9.90 Å². The Morgan fingerprint density at radius 2 is 2.00 bits per heavy atom. The van der Waals surface area contributed by atoms with Gasteiger partial charge in [0.1, 0.15) is 0 Å². The van der Waals surface area contributed by atoms with Gasteiger partial charge in [0.05, 0.1) is 11.3 Å². The van der Waals surface area contributed by atoms with Crippen molar-refractivity contribution >= 4 is 5.97 Å². The van der Waals surface area contributed by atoms with E-state index in [9.17, 15) is 4.79 Å². The van der Waals surface area contributed by atoms with Crippen LogP contribution in [-0.2, 0) is 12.5 Å². The largest absolute Gasteiger partial charge is 0.478 e. The number of hydrogen-bond donors (Lipinski definition) is 2. The van der Waals surface area contributed by atoms with Gasteiger partial charge in [-0.25, -0.2) is 4.79 Å². The lowest BCUT2D eigenvalue weighted by atomic mass is 9.87. The molecule has 2 rings (SSSR count). The summed E-state index contributed by atoms with van der Waals surface area (Å²) in [6, 6.07) is 0. The molecule has 0 aliphatic carbocycles. The lowest BCUT2D eigenvalue weighted by Gasteiger charge is -2.17. The molecule has 2 aromatic heterocycles. The smallest absolute Gasteiger partial charge is 0.337 e. The van der Waals surface area contributed by atoms with Gasteiger partial charge in [-0.15, -0.1) is 0 Å². The number of carbonyl (C=O) groups is 1. The van der Waals surface area contributed by atoms with Gasteiger partial charge in [-0.3, -0.25) is 4.68 Å². The van der Waals surface area contributed by atoms with Gasteiger partial charge >= 0.3 is 5.97 Å². The van der Waals surface area contributed by atoms with Crippen LogP contribution in [0.5, 0.6) is 0 Å². The average molecular weight is 247 g/mol. The Labute approximate surface area is 105 Å². The highest BCUT2D eigenvalue weighted by atomic mass is 16.4. The standard InChI is InChI=1S/C13H17N3O2/c1-13(2,3)11-10(7-16(4)15-11)8-5-14-6-9(8)12(17)18/h5-7,14H,1-4H3,(H,17,18). The first kappa shape index (κ1) is 12.4. The van der Waals surface area contributed by atoms with Gasteiger partial charge in [-0.1, -0.05) is 20.8 Å². The fraction of sp³-hybridized carbons (Fsp3) is 0.385. The minimum Gasteiger partial charge on any atom is -0.478 e. The van der Waals surface area contributed by atoms with Crippen LogP contribution in [0, 0.1) is 0 Å². The van der Waals surface area contributed by atoms with E-state index in [0.29, 0.717) is 5.56 Å². The summed E-state index contributed by atoms with van der Waals surface area (Å²) in [6.45, 7) is 6.18. The monoisotopic (exact) mass is 247 g/mol. The normalized spacial score (nSPS) is 11.8. The van der Waals surface area contributed by atoms with E-state index >= 15 is 0 Å². The third-order valence-corrected chi connectivity index (χ3v) is 2.81. The molecule has 18 heavy (non-hydrogen) atoms. The number of aryl methyl sites for hydroxylation is 1. The Hall–Kier alpha value is -2.04. The molecule has 2 aromatic rings. The van der Waals surface area contributed by atoms with Gasteiger partial charge in [-0.2, -0.15) is 5.10 Å². The first-order valence-electron chi connectivity index (χ1n) is 5.75. The van der Waals surface area contributed by atoms with Crippen LogP contribution in [0.1, 0.15) is 36.8 Å². The molecule has 0 aliphatic heterocycles. The molecule has 0 spiro atoms. The minimum absolute atomic E-state index is 0.135. The van der Waals surface area contributed by atoms with E-state index in [1.54, 1.807) is 10.9 Å². The highest BCUT2D eigenvalue weighted by Crippen LogP contribution is 2.33. The Morgan fingerprint density at radius 1 is 1.33 bits per heavy atom. The maximum atomic E-state index is 11.2. The molecule has 0 radical (unpaired) electrons. The lowest BCUT2D eigenvalue weighted by Crippen LogP contribution is -2.14.